The van der Waals surface area contributed by atoms with E-state index in [0.717, 1.165) is 4.57 Å². The van der Waals surface area contributed by atoms with E-state index in [1.165, 1.54) is 6.07 Å². The number of aromatic nitrogens is 2. The molecule has 7 nitrogen and oxygen atoms in total. The van der Waals surface area contributed by atoms with Gasteiger partial charge in [-0.05, 0) is 19.1 Å². The third kappa shape index (κ3) is 2.13. The third-order valence-corrected chi connectivity index (χ3v) is 3.17. The summed E-state index contributed by atoms with van der Waals surface area (Å²) in [6.45, 7) is 1.23. The molecule has 0 aromatic carbocycles. The smallest absolute Gasteiger partial charge is 0.256 e. The lowest BCUT2D eigenvalue weighted by atomic mass is 10.1. The van der Waals surface area contributed by atoms with E-state index in [-0.39, 0.29) is 4.77 Å². The van der Waals surface area contributed by atoms with E-state index in [1.807, 2.05) is 0 Å². The zero-order valence-corrected chi connectivity index (χ0v) is 10.4. The second-order valence-corrected chi connectivity index (χ2v) is 4.58. The normalized spacial score (nSPS) is 31.8. The summed E-state index contributed by atoms with van der Waals surface area (Å²) in [5.74, 6) is 0. The van der Waals surface area contributed by atoms with Crippen LogP contribution in [-0.4, -0.2) is 49.8 Å². The highest BCUT2D eigenvalue weighted by Gasteiger charge is 2.44. The van der Waals surface area contributed by atoms with Crippen molar-refractivity contribution >= 4 is 12.2 Å². The maximum Gasteiger partial charge on any atom is 0.256 e. The van der Waals surface area contributed by atoms with Gasteiger partial charge in [-0.25, -0.2) is 0 Å². The van der Waals surface area contributed by atoms with E-state index < -0.39 is 36.7 Å². The molecule has 1 aromatic heterocycles. The molecule has 0 saturated carbocycles. The highest BCUT2D eigenvalue weighted by atomic mass is 32.1. The Hall–Kier alpha value is -1.06. The van der Waals surface area contributed by atoms with Gasteiger partial charge in [0.15, 0.2) is 11.0 Å². The standard InChI is InChI=1S/C10H14N2O5S/c1-4-2-6(14)12(10(18)11-4)9-8(16)7(15)5(3-13)17-9/h2,5,7-9,13,15-16H,3H2,1H3,(H,11,18)/t5-,7-,8+,9+/m1/s1. The minimum absolute atomic E-state index is 0.0924. The van der Waals surface area contributed by atoms with Gasteiger partial charge in [0.2, 0.25) is 0 Å². The molecule has 1 aliphatic heterocycles. The van der Waals surface area contributed by atoms with Crippen LogP contribution in [0.15, 0.2) is 10.9 Å². The first-order valence-electron chi connectivity index (χ1n) is 5.40. The predicted molar refractivity (Wildman–Crippen MR) is 63.6 cm³/mol. The van der Waals surface area contributed by atoms with Gasteiger partial charge in [0.25, 0.3) is 5.56 Å². The number of rotatable bonds is 2. The molecule has 0 radical (unpaired) electrons. The molecule has 4 N–H and O–H groups in total. The monoisotopic (exact) mass is 274 g/mol. The Bertz CT molecular complexity index is 523. The quantitative estimate of drug-likeness (QED) is 0.506. The van der Waals surface area contributed by atoms with Gasteiger partial charge >= 0.3 is 0 Å². The van der Waals surface area contributed by atoms with E-state index in [4.69, 9.17) is 22.1 Å². The maximum absolute atomic E-state index is 11.8. The summed E-state index contributed by atoms with van der Waals surface area (Å²) in [7, 11) is 0. The third-order valence-electron chi connectivity index (χ3n) is 2.87. The average molecular weight is 274 g/mol. The van der Waals surface area contributed by atoms with Gasteiger partial charge in [-0.1, -0.05) is 0 Å². The van der Waals surface area contributed by atoms with Crippen LogP contribution in [0.25, 0.3) is 0 Å². The van der Waals surface area contributed by atoms with Crippen LogP contribution in [0.1, 0.15) is 11.9 Å². The molecule has 0 spiro atoms. The zero-order chi connectivity index (χ0) is 13.4. The van der Waals surface area contributed by atoms with Crippen molar-refractivity contribution in [2.45, 2.75) is 31.5 Å². The molecule has 1 fully saturated rings. The molecule has 0 unspecified atom stereocenters. The number of aliphatic hydroxyl groups excluding tert-OH is 3. The lowest BCUT2D eigenvalue weighted by Crippen LogP contribution is -2.36. The highest BCUT2D eigenvalue weighted by molar-refractivity contribution is 7.71. The topological polar surface area (TPSA) is 108 Å². The van der Waals surface area contributed by atoms with Crippen LogP contribution in [0, 0.1) is 11.7 Å². The van der Waals surface area contributed by atoms with Gasteiger partial charge in [0.05, 0.1) is 6.61 Å². The Balaban J connectivity index is 2.45. The van der Waals surface area contributed by atoms with Crippen LogP contribution >= 0.6 is 12.2 Å². The van der Waals surface area contributed by atoms with Crippen molar-refractivity contribution in [3.63, 3.8) is 0 Å². The highest BCUT2D eigenvalue weighted by Crippen LogP contribution is 2.28. The summed E-state index contributed by atoms with van der Waals surface area (Å²) in [6, 6.07) is 1.31. The Morgan fingerprint density at radius 3 is 2.67 bits per heavy atom. The number of aryl methyl sites for hydroxylation is 1. The van der Waals surface area contributed by atoms with Gasteiger partial charge in [0.1, 0.15) is 18.3 Å². The maximum atomic E-state index is 11.8. The number of ether oxygens (including phenoxy) is 1. The SMILES string of the molecule is Cc1cc(=O)n([C@H]2O[C@H](CO)[C@@H](O)[C@@H]2O)c(=S)[nH]1. The number of hydrogen-bond donors (Lipinski definition) is 4. The van der Waals surface area contributed by atoms with Crippen molar-refractivity contribution in [2.75, 3.05) is 6.61 Å². The van der Waals surface area contributed by atoms with Crippen LogP contribution in [-0.2, 0) is 4.74 Å². The first-order valence-corrected chi connectivity index (χ1v) is 5.81. The van der Waals surface area contributed by atoms with Crippen LogP contribution in [0.3, 0.4) is 0 Å². The number of hydrogen-bond acceptors (Lipinski definition) is 6. The molecule has 8 heteroatoms. The zero-order valence-electron chi connectivity index (χ0n) is 9.61. The molecule has 2 rings (SSSR count). The number of H-pyrrole nitrogens is 1. The first-order chi connectivity index (χ1) is 8.45. The van der Waals surface area contributed by atoms with Crippen molar-refractivity contribution < 1.29 is 20.1 Å². The van der Waals surface area contributed by atoms with Gasteiger partial charge in [-0.3, -0.25) is 9.36 Å². The van der Waals surface area contributed by atoms with Crippen molar-refractivity contribution in [2.24, 2.45) is 0 Å². The van der Waals surface area contributed by atoms with Crippen LogP contribution in [0.2, 0.25) is 0 Å². The van der Waals surface area contributed by atoms with E-state index >= 15 is 0 Å². The molecule has 0 bridgehead atoms. The van der Waals surface area contributed by atoms with Crippen LogP contribution in [0.5, 0.6) is 0 Å². The minimum atomic E-state index is -1.32. The molecular weight excluding hydrogens is 260 g/mol. The van der Waals surface area contributed by atoms with Gasteiger partial charge < -0.3 is 25.0 Å². The summed E-state index contributed by atoms with van der Waals surface area (Å²) in [5.41, 5.74) is 0.152. The molecule has 1 aromatic rings. The number of nitrogens with zero attached hydrogens (tertiary/aromatic N) is 1. The first kappa shape index (κ1) is 13.4. The molecule has 18 heavy (non-hydrogen) atoms. The molecule has 0 aliphatic carbocycles. The predicted octanol–water partition coefficient (Wildman–Crippen LogP) is -1.17. The second-order valence-electron chi connectivity index (χ2n) is 4.19. The molecule has 100 valence electrons. The van der Waals surface area contributed by atoms with Crippen LogP contribution < -0.4 is 5.56 Å². The fourth-order valence-electron chi connectivity index (χ4n) is 1.95. The van der Waals surface area contributed by atoms with Gasteiger partial charge in [-0.2, -0.15) is 0 Å². The molecule has 2 heterocycles. The van der Waals surface area contributed by atoms with Crippen LogP contribution in [0.4, 0.5) is 0 Å². The molecule has 1 saturated heterocycles. The van der Waals surface area contributed by atoms with E-state index in [1.54, 1.807) is 6.92 Å². The van der Waals surface area contributed by atoms with Crippen molar-refractivity contribution in [1.29, 1.82) is 0 Å². The lowest BCUT2D eigenvalue weighted by Gasteiger charge is -2.17. The molecule has 0 amide bonds. The Morgan fingerprint density at radius 1 is 1.50 bits per heavy atom. The van der Waals surface area contributed by atoms with Crippen molar-refractivity contribution in [1.82, 2.24) is 9.55 Å². The summed E-state index contributed by atoms with van der Waals surface area (Å²) < 4.78 is 6.39. The lowest BCUT2D eigenvalue weighted by molar-refractivity contribution is -0.0555. The minimum Gasteiger partial charge on any atom is -0.394 e. The van der Waals surface area contributed by atoms with E-state index in [2.05, 4.69) is 4.98 Å². The average Bonchev–Trinajstić information content (AvgIpc) is 2.56. The second kappa shape index (κ2) is 4.90. The van der Waals surface area contributed by atoms with Gasteiger partial charge in [-0.15, -0.1) is 0 Å². The summed E-state index contributed by atoms with van der Waals surface area (Å²) >= 11 is 5.00. The summed E-state index contributed by atoms with van der Waals surface area (Å²) in [6.07, 6.45) is -4.62. The Kier molecular flexibility index (Phi) is 3.64. The van der Waals surface area contributed by atoms with Gasteiger partial charge in [0, 0.05) is 11.8 Å². The Morgan fingerprint density at radius 2 is 2.17 bits per heavy atom. The largest absolute Gasteiger partial charge is 0.394 e. The summed E-state index contributed by atoms with van der Waals surface area (Å²) in [4.78, 5) is 14.6. The Labute approximate surface area is 107 Å². The number of aliphatic hydroxyl groups is 3. The number of aromatic amines is 1. The fraction of sp³-hybridized carbons (Fsp3) is 0.600. The summed E-state index contributed by atoms with van der Waals surface area (Å²) in [5, 5.41) is 28.4. The fourth-order valence-corrected chi connectivity index (χ4v) is 2.31. The van der Waals surface area contributed by atoms with Crippen molar-refractivity contribution in [3.05, 3.63) is 26.9 Å². The van der Waals surface area contributed by atoms with E-state index in [0.29, 0.717) is 5.69 Å². The molecular formula is C10H14N2O5S. The number of nitrogens with one attached hydrogen (secondary N) is 1. The van der Waals surface area contributed by atoms with E-state index in [9.17, 15) is 15.0 Å². The van der Waals surface area contributed by atoms with Crippen molar-refractivity contribution in [3.8, 4) is 0 Å². The molecule has 1 aliphatic rings. The molecule has 4 atom stereocenters.